The molecule has 1 N–H and O–H groups in total. The molecule has 0 saturated carbocycles. The van der Waals surface area contributed by atoms with Crippen molar-refractivity contribution in [2.45, 2.75) is 37.9 Å². The summed E-state index contributed by atoms with van der Waals surface area (Å²) < 4.78 is 16.1. The zero-order valence-electron chi connectivity index (χ0n) is 11.7. The number of halogens is 1. The number of ether oxygens (including phenoxy) is 3. The SMILES string of the molecule is CO[C@@H]1C[C@@H](NC(=O)N(CCCl)N=O)[C@H](OC)[C@@H](C)O1. The van der Waals surface area contributed by atoms with Crippen LogP contribution in [0.4, 0.5) is 4.79 Å². The summed E-state index contributed by atoms with van der Waals surface area (Å²) in [6.45, 7) is 1.87. The molecule has 1 rings (SSSR count). The molecule has 8 nitrogen and oxygen atoms in total. The minimum absolute atomic E-state index is 0.0427. The van der Waals surface area contributed by atoms with Gasteiger partial charge >= 0.3 is 6.03 Å². The molecule has 0 aromatic rings. The van der Waals surface area contributed by atoms with Gasteiger partial charge in [0.15, 0.2) is 6.29 Å². The highest BCUT2D eigenvalue weighted by Gasteiger charge is 2.38. The molecule has 1 saturated heterocycles. The highest BCUT2D eigenvalue weighted by molar-refractivity contribution is 6.18. The van der Waals surface area contributed by atoms with E-state index in [1.165, 1.54) is 14.2 Å². The van der Waals surface area contributed by atoms with Crippen molar-refractivity contribution in [3.8, 4) is 0 Å². The first kappa shape index (κ1) is 17.1. The van der Waals surface area contributed by atoms with Crippen LogP contribution in [0, 0.1) is 4.91 Å². The van der Waals surface area contributed by atoms with Gasteiger partial charge in [0.1, 0.15) is 6.10 Å². The van der Waals surface area contributed by atoms with Crippen molar-refractivity contribution in [2.75, 3.05) is 26.6 Å². The number of methoxy groups -OCH3 is 2. The smallest absolute Gasteiger partial charge is 0.340 e. The summed E-state index contributed by atoms with van der Waals surface area (Å²) in [7, 11) is 3.06. The average Bonchev–Trinajstić information content (AvgIpc) is 2.44. The van der Waals surface area contributed by atoms with Crippen molar-refractivity contribution in [3.05, 3.63) is 4.91 Å². The van der Waals surface area contributed by atoms with E-state index in [1.807, 2.05) is 6.92 Å². The number of nitrogens with one attached hydrogen (secondary N) is 1. The zero-order chi connectivity index (χ0) is 15.1. The Labute approximate surface area is 122 Å². The molecule has 1 fully saturated rings. The van der Waals surface area contributed by atoms with Crippen LogP contribution < -0.4 is 5.32 Å². The third kappa shape index (κ3) is 4.27. The minimum atomic E-state index is -0.614. The summed E-state index contributed by atoms with van der Waals surface area (Å²) in [5.74, 6) is 0.123. The molecule has 0 aromatic heterocycles. The van der Waals surface area contributed by atoms with E-state index < -0.39 is 12.3 Å². The van der Waals surface area contributed by atoms with Crippen molar-refractivity contribution in [2.24, 2.45) is 5.29 Å². The largest absolute Gasteiger partial charge is 0.377 e. The third-order valence-corrected chi connectivity index (χ3v) is 3.31. The Morgan fingerprint density at radius 3 is 2.70 bits per heavy atom. The molecule has 9 heteroatoms. The van der Waals surface area contributed by atoms with E-state index in [9.17, 15) is 9.70 Å². The number of nitroso groups, excluding NO2 is 1. The van der Waals surface area contributed by atoms with Gasteiger partial charge in [-0.15, -0.1) is 16.5 Å². The van der Waals surface area contributed by atoms with Gasteiger partial charge < -0.3 is 19.5 Å². The van der Waals surface area contributed by atoms with Crippen LogP contribution >= 0.6 is 11.6 Å². The van der Waals surface area contributed by atoms with E-state index in [0.29, 0.717) is 6.42 Å². The van der Waals surface area contributed by atoms with Crippen LogP contribution in [0.15, 0.2) is 5.29 Å². The first-order valence-corrected chi connectivity index (χ1v) is 6.79. The van der Waals surface area contributed by atoms with Crippen LogP contribution in [0.1, 0.15) is 13.3 Å². The quantitative estimate of drug-likeness (QED) is 0.450. The lowest BCUT2D eigenvalue weighted by Gasteiger charge is -2.39. The van der Waals surface area contributed by atoms with E-state index in [4.69, 9.17) is 25.8 Å². The van der Waals surface area contributed by atoms with Crippen molar-refractivity contribution >= 4 is 17.6 Å². The number of hydrogen-bond donors (Lipinski definition) is 1. The Balaban J connectivity index is 2.70. The first-order chi connectivity index (χ1) is 9.57. The summed E-state index contributed by atoms with van der Waals surface area (Å²) in [6, 6.07) is -0.961. The van der Waals surface area contributed by atoms with E-state index in [1.54, 1.807) is 0 Å². The molecule has 0 spiro atoms. The molecule has 20 heavy (non-hydrogen) atoms. The number of carbonyl (C=O) groups excluding carboxylic acids is 1. The summed E-state index contributed by atoms with van der Waals surface area (Å²) in [5, 5.41) is 6.07. The van der Waals surface area contributed by atoms with Gasteiger partial charge in [0.2, 0.25) is 0 Å². The van der Waals surface area contributed by atoms with Crippen molar-refractivity contribution < 1.29 is 19.0 Å². The van der Waals surface area contributed by atoms with Crippen LogP contribution in [0.2, 0.25) is 0 Å². The van der Waals surface area contributed by atoms with Gasteiger partial charge in [-0.3, -0.25) is 0 Å². The highest BCUT2D eigenvalue weighted by atomic mass is 35.5. The molecular weight excluding hydrogens is 290 g/mol. The van der Waals surface area contributed by atoms with E-state index in [2.05, 4.69) is 10.6 Å². The summed E-state index contributed by atoms with van der Waals surface area (Å²) in [5.41, 5.74) is 0. The second kappa shape index (κ2) is 8.35. The number of hydrogen-bond acceptors (Lipinski definition) is 6. The van der Waals surface area contributed by atoms with Gasteiger partial charge in [0.05, 0.1) is 24.0 Å². The Morgan fingerprint density at radius 1 is 1.50 bits per heavy atom. The summed E-state index contributed by atoms with van der Waals surface area (Å²) in [6.07, 6.45) is -0.615. The maximum Gasteiger partial charge on any atom is 0.340 e. The third-order valence-electron chi connectivity index (χ3n) is 3.15. The fraction of sp³-hybridized carbons (Fsp3) is 0.909. The Morgan fingerprint density at radius 2 is 2.20 bits per heavy atom. The fourth-order valence-corrected chi connectivity index (χ4v) is 2.34. The standard InChI is InChI=1S/C11H20ClN3O5/c1-7-10(19-3)8(6-9(18-2)20-7)13-11(16)15(14-17)5-4-12/h7-10H,4-6H2,1-3H3,(H,13,16)/t7-,8-,9+,10-/m1/s1. The fourth-order valence-electron chi connectivity index (χ4n) is 2.18. The average molecular weight is 310 g/mol. The molecule has 2 amide bonds. The lowest BCUT2D eigenvalue weighted by molar-refractivity contribution is -0.218. The zero-order valence-corrected chi connectivity index (χ0v) is 12.5. The molecule has 1 heterocycles. The Kier molecular flexibility index (Phi) is 7.14. The van der Waals surface area contributed by atoms with Gasteiger partial charge in [-0.2, -0.15) is 5.01 Å². The number of urea groups is 1. The van der Waals surface area contributed by atoms with Gasteiger partial charge in [-0.05, 0) is 6.92 Å². The first-order valence-electron chi connectivity index (χ1n) is 6.25. The number of nitrogens with zero attached hydrogens (tertiary/aromatic N) is 2. The molecule has 1 aliphatic heterocycles. The number of alkyl halides is 1. The molecule has 0 unspecified atom stereocenters. The van der Waals surface area contributed by atoms with Crippen molar-refractivity contribution in [3.63, 3.8) is 0 Å². The Bertz CT molecular complexity index is 333. The topological polar surface area (TPSA) is 89.5 Å². The van der Waals surface area contributed by atoms with E-state index in [-0.39, 0.29) is 30.7 Å². The molecule has 0 aliphatic carbocycles. The van der Waals surface area contributed by atoms with E-state index >= 15 is 0 Å². The summed E-state index contributed by atoms with van der Waals surface area (Å²) >= 11 is 5.50. The van der Waals surface area contributed by atoms with Gasteiger partial charge in [0.25, 0.3) is 0 Å². The lowest BCUT2D eigenvalue weighted by Crippen LogP contribution is -2.57. The maximum atomic E-state index is 11.9. The normalized spacial score (nSPS) is 29.8. The van der Waals surface area contributed by atoms with Crippen LogP contribution in [0.25, 0.3) is 0 Å². The van der Waals surface area contributed by atoms with Gasteiger partial charge in [-0.25, -0.2) is 4.79 Å². The molecule has 0 radical (unpaired) electrons. The number of rotatable bonds is 6. The summed E-state index contributed by atoms with van der Waals surface area (Å²) in [4.78, 5) is 22.5. The predicted molar refractivity (Wildman–Crippen MR) is 72.3 cm³/mol. The molecule has 0 bridgehead atoms. The lowest BCUT2D eigenvalue weighted by atomic mass is 9.99. The van der Waals surface area contributed by atoms with Crippen LogP contribution in [0.3, 0.4) is 0 Å². The van der Waals surface area contributed by atoms with Crippen molar-refractivity contribution in [1.29, 1.82) is 0 Å². The molecule has 1 aliphatic rings. The molecule has 116 valence electrons. The second-order valence-electron chi connectivity index (χ2n) is 4.39. The molecule has 0 aromatic carbocycles. The predicted octanol–water partition coefficient (Wildman–Crippen LogP) is 1.08. The van der Waals surface area contributed by atoms with Crippen molar-refractivity contribution in [1.82, 2.24) is 10.3 Å². The monoisotopic (exact) mass is 309 g/mol. The van der Waals surface area contributed by atoms with Gasteiger partial charge in [0, 0.05) is 26.5 Å². The Hall–Kier alpha value is -0.960. The van der Waals surface area contributed by atoms with Crippen LogP contribution in [0.5, 0.6) is 0 Å². The highest BCUT2D eigenvalue weighted by Crippen LogP contribution is 2.23. The van der Waals surface area contributed by atoms with Crippen LogP contribution in [-0.2, 0) is 14.2 Å². The van der Waals surface area contributed by atoms with E-state index in [0.717, 1.165) is 5.01 Å². The minimum Gasteiger partial charge on any atom is -0.377 e. The number of amides is 2. The number of carbonyl (C=O) groups is 1. The van der Waals surface area contributed by atoms with Crippen LogP contribution in [-0.4, -0.2) is 62.2 Å². The second-order valence-corrected chi connectivity index (χ2v) is 4.77. The molecule has 4 atom stereocenters. The maximum absolute atomic E-state index is 11.9. The van der Waals surface area contributed by atoms with Gasteiger partial charge in [-0.1, -0.05) is 0 Å². The molecular formula is C11H20ClN3O5.